The molecule has 3 rings (SSSR count). The highest BCUT2D eigenvalue weighted by Gasteiger charge is 2.25. The van der Waals surface area contributed by atoms with Gasteiger partial charge >= 0.3 is 0 Å². The molecule has 1 atom stereocenters. The summed E-state index contributed by atoms with van der Waals surface area (Å²) in [6.07, 6.45) is 2.42. The van der Waals surface area contributed by atoms with Gasteiger partial charge in [-0.2, -0.15) is 0 Å². The Morgan fingerprint density at radius 1 is 1.31 bits per heavy atom. The third kappa shape index (κ3) is 1.43. The van der Waals surface area contributed by atoms with Crippen molar-refractivity contribution in [2.75, 3.05) is 12.3 Å². The number of fused-ring (bicyclic) bond motifs is 1. The molecule has 1 aliphatic heterocycles. The van der Waals surface area contributed by atoms with E-state index in [0.29, 0.717) is 12.3 Å². The number of ether oxygens (including phenoxy) is 1. The van der Waals surface area contributed by atoms with E-state index in [1.807, 2.05) is 18.2 Å². The van der Waals surface area contributed by atoms with Crippen LogP contribution in [0.15, 0.2) is 35.0 Å². The molecule has 0 radical (unpaired) electrons. The van der Waals surface area contributed by atoms with Gasteiger partial charge in [0.1, 0.15) is 5.75 Å². The molecule has 2 heterocycles. The number of nitrogens with two attached hydrogens (primary N) is 1. The molecule has 0 aliphatic carbocycles. The van der Waals surface area contributed by atoms with Gasteiger partial charge in [-0.15, -0.1) is 0 Å². The predicted octanol–water partition coefficient (Wildman–Crippen LogP) is 1.98. The number of rotatable bonds is 1. The lowest BCUT2D eigenvalue weighted by Crippen LogP contribution is -2.19. The highest BCUT2D eigenvalue weighted by Crippen LogP contribution is 2.33. The Morgan fingerprint density at radius 3 is 3.00 bits per heavy atom. The summed E-state index contributed by atoms with van der Waals surface area (Å²) in [6, 6.07) is 8.03. The lowest BCUT2D eigenvalue weighted by Gasteiger charge is -2.23. The minimum atomic E-state index is 0.164. The van der Waals surface area contributed by atoms with E-state index in [1.165, 1.54) is 11.8 Å². The predicted molar refractivity (Wildman–Crippen MR) is 59.3 cm³/mol. The molecule has 4 heteroatoms. The first-order valence-corrected chi connectivity index (χ1v) is 5.25. The van der Waals surface area contributed by atoms with E-state index in [-0.39, 0.29) is 5.92 Å². The number of para-hydroxylation sites is 1. The number of benzene rings is 1. The fourth-order valence-electron chi connectivity index (χ4n) is 2.06. The molecule has 0 fully saturated rings. The number of hydrogen-bond donors (Lipinski definition) is 1. The molecule has 82 valence electrons. The summed E-state index contributed by atoms with van der Waals surface area (Å²) in [5.74, 6) is 1.85. The van der Waals surface area contributed by atoms with Crippen LogP contribution in [-0.4, -0.2) is 11.8 Å². The number of aromatic nitrogens is 1. The van der Waals surface area contributed by atoms with Gasteiger partial charge in [0.05, 0.1) is 24.4 Å². The van der Waals surface area contributed by atoms with Crippen molar-refractivity contribution < 1.29 is 9.26 Å². The third-order valence-corrected chi connectivity index (χ3v) is 2.88. The van der Waals surface area contributed by atoms with Crippen LogP contribution >= 0.6 is 0 Å². The van der Waals surface area contributed by atoms with Gasteiger partial charge < -0.3 is 15.0 Å². The highest BCUT2D eigenvalue weighted by molar-refractivity contribution is 5.43. The molecule has 16 heavy (non-hydrogen) atoms. The molecule has 2 N–H and O–H groups in total. The number of hydrogen-bond acceptors (Lipinski definition) is 4. The second-order valence-electron chi connectivity index (χ2n) is 3.97. The van der Waals surface area contributed by atoms with Gasteiger partial charge in [-0.05, 0) is 18.1 Å². The minimum Gasteiger partial charge on any atom is -0.493 e. The van der Waals surface area contributed by atoms with E-state index in [1.54, 1.807) is 0 Å². The van der Waals surface area contributed by atoms with Gasteiger partial charge in [0.15, 0.2) is 5.76 Å². The van der Waals surface area contributed by atoms with Crippen LogP contribution in [0.4, 0.5) is 5.69 Å². The summed E-state index contributed by atoms with van der Waals surface area (Å²) >= 11 is 0. The maximum atomic E-state index is 5.78. The van der Waals surface area contributed by atoms with Gasteiger partial charge in [-0.25, -0.2) is 0 Å². The Bertz CT molecular complexity index is 507. The quantitative estimate of drug-likeness (QED) is 0.791. The second-order valence-corrected chi connectivity index (χ2v) is 3.97. The summed E-state index contributed by atoms with van der Waals surface area (Å²) in [7, 11) is 0. The minimum absolute atomic E-state index is 0.164. The highest BCUT2D eigenvalue weighted by atomic mass is 16.5. The summed E-state index contributed by atoms with van der Waals surface area (Å²) < 4.78 is 10.8. The summed E-state index contributed by atoms with van der Waals surface area (Å²) in [6.45, 7) is 0.594. The van der Waals surface area contributed by atoms with E-state index in [2.05, 4.69) is 11.2 Å². The zero-order valence-corrected chi connectivity index (χ0v) is 8.72. The van der Waals surface area contributed by atoms with Crippen LogP contribution in [0.1, 0.15) is 17.2 Å². The smallest absolute Gasteiger partial charge is 0.166 e. The molecule has 1 aliphatic rings. The van der Waals surface area contributed by atoms with E-state index in [9.17, 15) is 0 Å². The van der Waals surface area contributed by atoms with E-state index in [4.69, 9.17) is 15.0 Å². The van der Waals surface area contributed by atoms with Crippen molar-refractivity contribution in [3.8, 4) is 5.75 Å². The Balaban J connectivity index is 1.91. The molecule has 0 bridgehead atoms. The zero-order valence-electron chi connectivity index (χ0n) is 8.72. The van der Waals surface area contributed by atoms with Gasteiger partial charge in [0, 0.05) is 0 Å². The molecule has 0 spiro atoms. The molecular weight excluding hydrogens is 204 g/mol. The summed E-state index contributed by atoms with van der Waals surface area (Å²) in [5.41, 5.74) is 7.57. The van der Waals surface area contributed by atoms with Crippen molar-refractivity contribution in [1.29, 1.82) is 0 Å². The molecule has 1 unspecified atom stereocenters. The van der Waals surface area contributed by atoms with Gasteiger partial charge in [0.2, 0.25) is 0 Å². The number of anilines is 1. The van der Waals surface area contributed by atoms with Crippen LogP contribution in [-0.2, 0) is 6.42 Å². The van der Waals surface area contributed by atoms with Crippen molar-refractivity contribution in [2.45, 2.75) is 12.3 Å². The lowest BCUT2D eigenvalue weighted by molar-refractivity contribution is 0.235. The Kier molecular flexibility index (Phi) is 2.06. The normalized spacial score (nSPS) is 18.9. The van der Waals surface area contributed by atoms with Crippen LogP contribution in [0.25, 0.3) is 0 Å². The molecule has 2 aromatic rings. The summed E-state index contributed by atoms with van der Waals surface area (Å²) in [4.78, 5) is 0. The van der Waals surface area contributed by atoms with Crippen molar-refractivity contribution in [3.63, 3.8) is 0 Å². The van der Waals surface area contributed by atoms with Crippen LogP contribution in [0.5, 0.6) is 5.75 Å². The molecule has 0 amide bonds. The molecule has 0 saturated heterocycles. The van der Waals surface area contributed by atoms with Crippen molar-refractivity contribution in [3.05, 3.63) is 41.8 Å². The lowest BCUT2D eigenvalue weighted by atomic mass is 9.94. The van der Waals surface area contributed by atoms with Crippen LogP contribution < -0.4 is 10.5 Å². The molecule has 1 aromatic carbocycles. The van der Waals surface area contributed by atoms with E-state index >= 15 is 0 Å². The maximum Gasteiger partial charge on any atom is 0.166 e. The average Bonchev–Trinajstić information content (AvgIpc) is 2.75. The number of nitrogen functional groups attached to an aromatic ring is 1. The van der Waals surface area contributed by atoms with Crippen LogP contribution in [0.2, 0.25) is 0 Å². The maximum absolute atomic E-state index is 5.78. The molecular formula is C12H12N2O2. The Labute approximate surface area is 93.0 Å². The zero-order chi connectivity index (χ0) is 11.0. The second kappa shape index (κ2) is 3.56. The van der Waals surface area contributed by atoms with Crippen LogP contribution in [0, 0.1) is 0 Å². The monoisotopic (exact) mass is 216 g/mol. The van der Waals surface area contributed by atoms with E-state index in [0.717, 1.165) is 17.9 Å². The topological polar surface area (TPSA) is 61.3 Å². The first kappa shape index (κ1) is 9.27. The molecule has 4 nitrogen and oxygen atoms in total. The van der Waals surface area contributed by atoms with Crippen molar-refractivity contribution in [1.82, 2.24) is 5.16 Å². The molecule has 0 saturated carbocycles. The first-order valence-electron chi connectivity index (χ1n) is 5.25. The number of nitrogens with zero attached hydrogens (tertiary/aromatic N) is 1. The largest absolute Gasteiger partial charge is 0.493 e. The SMILES string of the molecule is Nc1cnoc1C1COc2ccccc2C1. The third-order valence-electron chi connectivity index (χ3n) is 2.88. The standard InChI is InChI=1S/C12H12N2O2/c13-10-6-14-16-12(10)9-5-8-3-1-2-4-11(8)15-7-9/h1-4,6,9H,5,7,13H2. The fourth-order valence-corrected chi connectivity index (χ4v) is 2.06. The summed E-state index contributed by atoms with van der Waals surface area (Å²) in [5, 5.41) is 3.70. The van der Waals surface area contributed by atoms with Crippen LogP contribution in [0.3, 0.4) is 0 Å². The molecule has 1 aromatic heterocycles. The van der Waals surface area contributed by atoms with Gasteiger partial charge in [-0.3, -0.25) is 0 Å². The Morgan fingerprint density at radius 2 is 2.19 bits per heavy atom. The van der Waals surface area contributed by atoms with Crippen molar-refractivity contribution in [2.24, 2.45) is 0 Å². The average molecular weight is 216 g/mol. The first-order chi connectivity index (χ1) is 7.84. The van der Waals surface area contributed by atoms with Gasteiger partial charge in [0.25, 0.3) is 0 Å². The van der Waals surface area contributed by atoms with E-state index < -0.39 is 0 Å². The Hall–Kier alpha value is -1.97. The van der Waals surface area contributed by atoms with Crippen molar-refractivity contribution >= 4 is 5.69 Å². The van der Waals surface area contributed by atoms with Gasteiger partial charge in [-0.1, -0.05) is 23.4 Å². The fraction of sp³-hybridized carbons (Fsp3) is 0.250.